The number of hydrogen-bond acceptors (Lipinski definition) is 5. The molecule has 2 heterocycles. The molecular weight excluding hydrogens is 242 g/mol. The molecule has 0 amide bonds. The SMILES string of the molecule is CCO[C@H]1CN(c2cc(Cl)nc(C)n2)C[C@H]1O. The second-order valence-corrected chi connectivity index (χ2v) is 4.45. The van der Waals surface area contributed by atoms with E-state index in [1.807, 2.05) is 11.8 Å². The standard InChI is InChI=1S/C11H16ClN3O2/c1-3-17-9-6-15(5-8(9)16)11-4-10(12)13-7(2)14-11/h4,8-9,16H,3,5-6H2,1-2H3/t8-,9+/m1/s1. The van der Waals surface area contributed by atoms with E-state index in [1.54, 1.807) is 13.0 Å². The highest BCUT2D eigenvalue weighted by atomic mass is 35.5. The van der Waals surface area contributed by atoms with E-state index in [1.165, 1.54) is 0 Å². The molecule has 0 aromatic carbocycles. The third kappa shape index (κ3) is 2.86. The first-order valence-corrected chi connectivity index (χ1v) is 6.03. The van der Waals surface area contributed by atoms with E-state index < -0.39 is 6.10 Å². The lowest BCUT2D eigenvalue weighted by atomic mass is 10.3. The van der Waals surface area contributed by atoms with E-state index in [0.717, 1.165) is 5.82 Å². The first-order chi connectivity index (χ1) is 8.10. The van der Waals surface area contributed by atoms with Crippen LogP contribution in [0.15, 0.2) is 6.07 Å². The highest BCUT2D eigenvalue weighted by Crippen LogP contribution is 2.22. The number of aryl methyl sites for hydroxylation is 1. The number of aliphatic hydroxyl groups is 1. The zero-order valence-corrected chi connectivity index (χ0v) is 10.7. The summed E-state index contributed by atoms with van der Waals surface area (Å²) in [6.45, 7) is 5.45. The fourth-order valence-electron chi connectivity index (χ4n) is 2.00. The van der Waals surface area contributed by atoms with Gasteiger partial charge in [-0.3, -0.25) is 0 Å². The number of ether oxygens (including phenoxy) is 1. The van der Waals surface area contributed by atoms with Crippen molar-refractivity contribution >= 4 is 17.4 Å². The zero-order chi connectivity index (χ0) is 12.4. The van der Waals surface area contributed by atoms with Crippen molar-refractivity contribution in [3.63, 3.8) is 0 Å². The van der Waals surface area contributed by atoms with Gasteiger partial charge in [0.2, 0.25) is 0 Å². The zero-order valence-electron chi connectivity index (χ0n) is 9.93. The Bertz CT molecular complexity index is 382. The van der Waals surface area contributed by atoms with Crippen molar-refractivity contribution in [1.29, 1.82) is 0 Å². The number of anilines is 1. The fraction of sp³-hybridized carbons (Fsp3) is 0.636. The number of aliphatic hydroxyl groups excluding tert-OH is 1. The highest BCUT2D eigenvalue weighted by molar-refractivity contribution is 6.29. The number of halogens is 1. The number of nitrogens with zero attached hydrogens (tertiary/aromatic N) is 3. The molecule has 0 spiro atoms. The molecule has 0 unspecified atom stereocenters. The summed E-state index contributed by atoms with van der Waals surface area (Å²) in [6.07, 6.45) is -0.641. The van der Waals surface area contributed by atoms with E-state index in [4.69, 9.17) is 16.3 Å². The van der Waals surface area contributed by atoms with Gasteiger partial charge in [-0.1, -0.05) is 11.6 Å². The van der Waals surface area contributed by atoms with Crippen LogP contribution in [-0.4, -0.2) is 47.0 Å². The molecule has 1 aliphatic heterocycles. The largest absolute Gasteiger partial charge is 0.388 e. The van der Waals surface area contributed by atoms with Crippen LogP contribution in [0, 0.1) is 6.92 Å². The maximum absolute atomic E-state index is 9.85. The van der Waals surface area contributed by atoms with Crippen LogP contribution >= 0.6 is 11.6 Å². The van der Waals surface area contributed by atoms with Crippen molar-refractivity contribution in [3.8, 4) is 0 Å². The van der Waals surface area contributed by atoms with E-state index in [-0.39, 0.29) is 6.10 Å². The van der Waals surface area contributed by atoms with Gasteiger partial charge in [-0.2, -0.15) is 0 Å². The van der Waals surface area contributed by atoms with Crippen LogP contribution in [0.4, 0.5) is 5.82 Å². The van der Waals surface area contributed by atoms with Crippen LogP contribution in [0.1, 0.15) is 12.7 Å². The molecule has 2 atom stereocenters. The molecule has 6 heteroatoms. The van der Waals surface area contributed by atoms with Gasteiger partial charge in [0, 0.05) is 25.8 Å². The second-order valence-electron chi connectivity index (χ2n) is 4.06. The van der Waals surface area contributed by atoms with Crippen LogP contribution in [-0.2, 0) is 4.74 Å². The molecule has 0 saturated carbocycles. The average Bonchev–Trinajstić information content (AvgIpc) is 2.60. The molecule has 17 heavy (non-hydrogen) atoms. The Morgan fingerprint density at radius 3 is 2.94 bits per heavy atom. The minimum atomic E-state index is -0.482. The first kappa shape index (κ1) is 12.5. The van der Waals surface area contributed by atoms with Gasteiger partial charge in [0.25, 0.3) is 0 Å². The summed E-state index contributed by atoms with van der Waals surface area (Å²) >= 11 is 5.89. The number of rotatable bonds is 3. The minimum absolute atomic E-state index is 0.158. The highest BCUT2D eigenvalue weighted by Gasteiger charge is 2.32. The van der Waals surface area contributed by atoms with Gasteiger partial charge < -0.3 is 14.7 Å². The average molecular weight is 258 g/mol. The summed E-state index contributed by atoms with van der Waals surface area (Å²) < 4.78 is 5.46. The molecule has 1 fully saturated rings. The van der Waals surface area contributed by atoms with Crippen molar-refractivity contribution in [2.75, 3.05) is 24.6 Å². The van der Waals surface area contributed by atoms with Gasteiger partial charge in [0.15, 0.2) is 0 Å². The van der Waals surface area contributed by atoms with Crippen LogP contribution in [0.3, 0.4) is 0 Å². The van der Waals surface area contributed by atoms with Crippen LogP contribution in [0.5, 0.6) is 0 Å². The second kappa shape index (κ2) is 5.16. The molecule has 1 aromatic rings. The van der Waals surface area contributed by atoms with Gasteiger partial charge in [0.1, 0.15) is 22.9 Å². The van der Waals surface area contributed by atoms with E-state index >= 15 is 0 Å². The predicted octanol–water partition coefficient (Wildman–Crippen LogP) is 1.02. The predicted molar refractivity (Wildman–Crippen MR) is 65.4 cm³/mol. The van der Waals surface area contributed by atoms with Crippen molar-refractivity contribution in [3.05, 3.63) is 17.0 Å². The summed E-state index contributed by atoms with van der Waals surface area (Å²) in [5.74, 6) is 1.37. The molecule has 0 bridgehead atoms. The number of β-amino-alcohol motifs (C(OH)–C–C–N with tert-alkyl or cyclic N) is 1. The van der Waals surface area contributed by atoms with Gasteiger partial charge in [-0.05, 0) is 13.8 Å². The van der Waals surface area contributed by atoms with E-state index in [0.29, 0.717) is 30.7 Å². The quantitative estimate of drug-likeness (QED) is 0.820. The summed E-state index contributed by atoms with van der Waals surface area (Å²) in [5.41, 5.74) is 0. The van der Waals surface area contributed by atoms with Gasteiger partial charge >= 0.3 is 0 Å². The molecule has 1 saturated heterocycles. The fourth-order valence-corrected chi connectivity index (χ4v) is 2.22. The Labute approximate surface area is 105 Å². The molecule has 0 radical (unpaired) electrons. The smallest absolute Gasteiger partial charge is 0.134 e. The normalized spacial score (nSPS) is 24.4. The molecule has 1 aromatic heterocycles. The third-order valence-corrected chi connectivity index (χ3v) is 2.93. The van der Waals surface area contributed by atoms with Crippen molar-refractivity contribution in [2.24, 2.45) is 0 Å². The molecule has 1 aliphatic rings. The van der Waals surface area contributed by atoms with E-state index in [2.05, 4.69) is 9.97 Å². The van der Waals surface area contributed by atoms with Crippen molar-refractivity contribution < 1.29 is 9.84 Å². The third-order valence-electron chi connectivity index (χ3n) is 2.73. The summed E-state index contributed by atoms with van der Waals surface area (Å²) in [6, 6.07) is 1.70. The van der Waals surface area contributed by atoms with Gasteiger partial charge in [-0.25, -0.2) is 9.97 Å². The van der Waals surface area contributed by atoms with Crippen LogP contribution in [0.2, 0.25) is 5.15 Å². The maximum Gasteiger partial charge on any atom is 0.134 e. The van der Waals surface area contributed by atoms with Crippen LogP contribution in [0.25, 0.3) is 0 Å². The summed E-state index contributed by atoms with van der Waals surface area (Å²) in [5, 5.41) is 10.3. The molecule has 0 aliphatic carbocycles. The molecule has 5 nitrogen and oxygen atoms in total. The van der Waals surface area contributed by atoms with Crippen LogP contribution < -0.4 is 4.90 Å². The lowest BCUT2D eigenvalue weighted by molar-refractivity contribution is -0.00189. The first-order valence-electron chi connectivity index (χ1n) is 5.66. The van der Waals surface area contributed by atoms with E-state index in [9.17, 15) is 5.11 Å². The molecule has 94 valence electrons. The summed E-state index contributed by atoms with van der Waals surface area (Å²) in [7, 11) is 0. The van der Waals surface area contributed by atoms with Crippen molar-refractivity contribution in [2.45, 2.75) is 26.1 Å². The van der Waals surface area contributed by atoms with Crippen molar-refractivity contribution in [1.82, 2.24) is 9.97 Å². The molecular formula is C11H16ClN3O2. The monoisotopic (exact) mass is 257 g/mol. The Morgan fingerprint density at radius 1 is 1.53 bits per heavy atom. The minimum Gasteiger partial charge on any atom is -0.388 e. The topological polar surface area (TPSA) is 58.5 Å². The van der Waals surface area contributed by atoms with Gasteiger partial charge in [0.05, 0.1) is 6.10 Å². The lowest BCUT2D eigenvalue weighted by Gasteiger charge is -2.17. The Hall–Kier alpha value is -0.910. The molecule has 2 rings (SSSR count). The Kier molecular flexibility index (Phi) is 3.81. The number of hydrogen-bond donors (Lipinski definition) is 1. The Balaban J connectivity index is 2.13. The summed E-state index contributed by atoms with van der Waals surface area (Å²) in [4.78, 5) is 10.3. The van der Waals surface area contributed by atoms with Gasteiger partial charge in [-0.15, -0.1) is 0 Å². The number of aromatic nitrogens is 2. The Morgan fingerprint density at radius 2 is 2.29 bits per heavy atom. The maximum atomic E-state index is 9.85. The molecule has 1 N–H and O–H groups in total. The lowest BCUT2D eigenvalue weighted by Crippen LogP contribution is -2.26.